The topological polar surface area (TPSA) is 67.9 Å². The molecule has 3 rings (SSSR count). The number of ether oxygens (including phenoxy) is 2. The van der Waals surface area contributed by atoms with Crippen molar-refractivity contribution in [2.45, 2.75) is 45.8 Å². The van der Waals surface area contributed by atoms with Gasteiger partial charge in [-0.1, -0.05) is 60.7 Å². The first-order valence-electron chi connectivity index (χ1n) is 11.8. The molecule has 0 aliphatic heterocycles. The molecule has 1 N–H and O–H groups in total. The zero-order valence-corrected chi connectivity index (χ0v) is 20.9. The van der Waals surface area contributed by atoms with Crippen molar-refractivity contribution in [2.24, 2.45) is 0 Å². The molecule has 0 radical (unpaired) electrons. The van der Waals surface area contributed by atoms with Gasteiger partial charge in [-0.3, -0.25) is 9.59 Å². The molecule has 0 aliphatic rings. The molecule has 0 heterocycles. The molecule has 0 unspecified atom stereocenters. The van der Waals surface area contributed by atoms with Crippen LogP contribution in [0.3, 0.4) is 0 Å². The Morgan fingerprint density at radius 2 is 1.60 bits per heavy atom. The number of aryl methyl sites for hydroxylation is 1. The minimum Gasteiger partial charge on any atom is -0.497 e. The summed E-state index contributed by atoms with van der Waals surface area (Å²) in [6.07, 6.45) is 0.388. The highest BCUT2D eigenvalue weighted by molar-refractivity contribution is 5.88. The minimum absolute atomic E-state index is 0.0576. The molecule has 3 aromatic carbocycles. The lowest BCUT2D eigenvalue weighted by atomic mass is 10.0. The lowest BCUT2D eigenvalue weighted by Gasteiger charge is -2.32. The van der Waals surface area contributed by atoms with Gasteiger partial charge in [0.25, 0.3) is 5.91 Å². The van der Waals surface area contributed by atoms with Gasteiger partial charge in [0, 0.05) is 19.0 Å². The Morgan fingerprint density at radius 3 is 2.29 bits per heavy atom. The number of amides is 2. The standard InChI is InChI=1S/C29H34N2O4/c1-21(2)30-29(33)26(18-23-12-6-5-7-13-23)31(19-24-14-10-15-25(17-24)34-4)28(32)20-35-27-16-9-8-11-22(27)3/h5-17,21,26H,18-20H2,1-4H3,(H,30,33)/t26-/m0/s1. The highest BCUT2D eigenvalue weighted by Crippen LogP contribution is 2.20. The molecular weight excluding hydrogens is 440 g/mol. The van der Waals surface area contributed by atoms with Crippen molar-refractivity contribution in [1.29, 1.82) is 0 Å². The highest BCUT2D eigenvalue weighted by Gasteiger charge is 2.31. The van der Waals surface area contributed by atoms with Gasteiger partial charge in [-0.2, -0.15) is 0 Å². The summed E-state index contributed by atoms with van der Waals surface area (Å²) in [4.78, 5) is 28.6. The predicted molar refractivity (Wildman–Crippen MR) is 137 cm³/mol. The maximum absolute atomic E-state index is 13.6. The third-order valence-corrected chi connectivity index (χ3v) is 5.63. The molecule has 6 heteroatoms. The number of nitrogens with zero attached hydrogens (tertiary/aromatic N) is 1. The van der Waals surface area contributed by atoms with E-state index < -0.39 is 6.04 Å². The van der Waals surface area contributed by atoms with Gasteiger partial charge in [0.1, 0.15) is 17.5 Å². The Kier molecular flexibility index (Phi) is 9.30. The monoisotopic (exact) mass is 474 g/mol. The molecule has 0 aliphatic carbocycles. The number of hydrogen-bond acceptors (Lipinski definition) is 4. The molecule has 0 saturated heterocycles. The Balaban J connectivity index is 1.93. The second-order valence-corrected chi connectivity index (χ2v) is 8.80. The van der Waals surface area contributed by atoms with E-state index in [1.165, 1.54) is 0 Å². The van der Waals surface area contributed by atoms with Gasteiger partial charge in [0.05, 0.1) is 7.11 Å². The SMILES string of the molecule is COc1cccc(CN(C(=O)COc2ccccc2C)[C@@H](Cc2ccccc2)C(=O)NC(C)C)c1. The predicted octanol–water partition coefficient (Wildman–Crippen LogP) is 4.55. The number of carbonyl (C=O) groups is 2. The first-order chi connectivity index (χ1) is 16.9. The maximum Gasteiger partial charge on any atom is 0.261 e. The second kappa shape index (κ2) is 12.6. The largest absolute Gasteiger partial charge is 0.497 e. The molecule has 0 aromatic heterocycles. The third kappa shape index (κ3) is 7.60. The van der Waals surface area contributed by atoms with Crippen LogP contribution in [0.4, 0.5) is 0 Å². The minimum atomic E-state index is -0.709. The Hall–Kier alpha value is -3.80. The van der Waals surface area contributed by atoms with Gasteiger partial charge in [-0.25, -0.2) is 0 Å². The van der Waals surface area contributed by atoms with Crippen LogP contribution in [0, 0.1) is 6.92 Å². The van der Waals surface area contributed by atoms with Gasteiger partial charge in [-0.05, 0) is 55.7 Å². The molecule has 6 nitrogen and oxygen atoms in total. The first kappa shape index (κ1) is 25.8. The lowest BCUT2D eigenvalue weighted by Crippen LogP contribution is -2.52. The van der Waals surface area contributed by atoms with E-state index in [1.54, 1.807) is 12.0 Å². The van der Waals surface area contributed by atoms with Gasteiger partial charge >= 0.3 is 0 Å². The first-order valence-corrected chi connectivity index (χ1v) is 11.8. The van der Waals surface area contributed by atoms with Crippen molar-refractivity contribution >= 4 is 11.8 Å². The van der Waals surface area contributed by atoms with Gasteiger partial charge in [-0.15, -0.1) is 0 Å². The maximum atomic E-state index is 13.6. The number of methoxy groups -OCH3 is 1. The molecule has 0 saturated carbocycles. The fraction of sp³-hybridized carbons (Fsp3) is 0.310. The van der Waals surface area contributed by atoms with Gasteiger partial charge in [0.15, 0.2) is 6.61 Å². The normalized spacial score (nSPS) is 11.6. The zero-order chi connectivity index (χ0) is 25.2. The molecule has 35 heavy (non-hydrogen) atoms. The molecule has 0 spiro atoms. The molecular formula is C29H34N2O4. The number of para-hydroxylation sites is 1. The fourth-order valence-electron chi connectivity index (χ4n) is 3.84. The summed E-state index contributed by atoms with van der Waals surface area (Å²) >= 11 is 0. The zero-order valence-electron chi connectivity index (χ0n) is 20.9. The average molecular weight is 475 g/mol. The summed E-state index contributed by atoms with van der Waals surface area (Å²) in [6, 6.07) is 24.0. The summed E-state index contributed by atoms with van der Waals surface area (Å²) in [5, 5.41) is 2.99. The Bertz CT molecular complexity index is 1110. The van der Waals surface area contributed by atoms with Crippen LogP contribution >= 0.6 is 0 Å². The summed E-state index contributed by atoms with van der Waals surface area (Å²) in [6.45, 7) is 5.83. The van der Waals surface area contributed by atoms with Crippen LogP contribution in [0.1, 0.15) is 30.5 Å². The van der Waals surface area contributed by atoms with Crippen molar-refractivity contribution in [3.05, 3.63) is 95.6 Å². The molecule has 184 valence electrons. The second-order valence-electron chi connectivity index (χ2n) is 8.80. The average Bonchev–Trinajstić information content (AvgIpc) is 2.85. The van der Waals surface area contributed by atoms with Crippen LogP contribution in [0.5, 0.6) is 11.5 Å². The van der Waals surface area contributed by atoms with Crippen molar-refractivity contribution in [3.63, 3.8) is 0 Å². The summed E-state index contributed by atoms with van der Waals surface area (Å²) in [5.74, 6) is 0.873. The molecule has 1 atom stereocenters. The summed E-state index contributed by atoms with van der Waals surface area (Å²) in [5.41, 5.74) is 2.78. The van der Waals surface area contributed by atoms with Crippen molar-refractivity contribution in [1.82, 2.24) is 10.2 Å². The van der Waals surface area contributed by atoms with E-state index in [2.05, 4.69) is 5.32 Å². The van der Waals surface area contributed by atoms with Crippen LogP contribution in [0.25, 0.3) is 0 Å². The molecule has 0 fully saturated rings. The van der Waals surface area contributed by atoms with Crippen LogP contribution in [-0.4, -0.2) is 42.5 Å². The van der Waals surface area contributed by atoms with Crippen LogP contribution < -0.4 is 14.8 Å². The van der Waals surface area contributed by atoms with Crippen LogP contribution in [0.2, 0.25) is 0 Å². The third-order valence-electron chi connectivity index (χ3n) is 5.63. The number of rotatable bonds is 11. The van der Waals surface area contributed by atoms with Crippen LogP contribution in [-0.2, 0) is 22.6 Å². The Morgan fingerprint density at radius 1 is 0.914 bits per heavy atom. The molecule has 3 aromatic rings. The van der Waals surface area contributed by atoms with E-state index in [4.69, 9.17) is 9.47 Å². The van der Waals surface area contributed by atoms with E-state index in [9.17, 15) is 9.59 Å². The summed E-state index contributed by atoms with van der Waals surface area (Å²) in [7, 11) is 1.60. The number of nitrogens with one attached hydrogen (secondary N) is 1. The quantitative estimate of drug-likeness (QED) is 0.443. The fourth-order valence-corrected chi connectivity index (χ4v) is 3.84. The number of carbonyl (C=O) groups excluding carboxylic acids is 2. The number of benzene rings is 3. The molecule has 0 bridgehead atoms. The Labute approximate surface area is 207 Å². The van der Waals surface area contributed by atoms with E-state index in [0.29, 0.717) is 17.9 Å². The van der Waals surface area contributed by atoms with Crippen molar-refractivity contribution in [2.75, 3.05) is 13.7 Å². The van der Waals surface area contributed by atoms with Crippen molar-refractivity contribution in [3.8, 4) is 11.5 Å². The molecule has 2 amide bonds. The van der Waals surface area contributed by atoms with E-state index >= 15 is 0 Å². The van der Waals surface area contributed by atoms with E-state index in [1.807, 2.05) is 99.6 Å². The highest BCUT2D eigenvalue weighted by atomic mass is 16.5. The van der Waals surface area contributed by atoms with Crippen molar-refractivity contribution < 1.29 is 19.1 Å². The smallest absolute Gasteiger partial charge is 0.261 e. The van der Waals surface area contributed by atoms with E-state index in [0.717, 1.165) is 16.7 Å². The van der Waals surface area contributed by atoms with Gasteiger partial charge in [0.2, 0.25) is 5.91 Å². The summed E-state index contributed by atoms with van der Waals surface area (Å²) < 4.78 is 11.2. The van der Waals surface area contributed by atoms with E-state index in [-0.39, 0.29) is 31.0 Å². The van der Waals surface area contributed by atoms with Crippen LogP contribution in [0.15, 0.2) is 78.9 Å². The lowest BCUT2D eigenvalue weighted by molar-refractivity contribution is -0.143. The van der Waals surface area contributed by atoms with Gasteiger partial charge < -0.3 is 19.7 Å². The number of hydrogen-bond donors (Lipinski definition) is 1.